The zero-order chi connectivity index (χ0) is 18.7. The molecule has 0 N–H and O–H groups in total. The summed E-state index contributed by atoms with van der Waals surface area (Å²) in [6.07, 6.45) is 6.73. The average molecular weight is 367 g/mol. The molecule has 1 aromatic heterocycles. The van der Waals surface area contributed by atoms with Crippen molar-refractivity contribution in [2.45, 2.75) is 39.0 Å². The smallest absolute Gasteiger partial charge is 0.276 e. The molecule has 5 nitrogen and oxygen atoms in total. The fourth-order valence-electron chi connectivity index (χ4n) is 4.72. The van der Waals surface area contributed by atoms with Gasteiger partial charge in [0.1, 0.15) is 5.76 Å². The summed E-state index contributed by atoms with van der Waals surface area (Å²) in [6, 6.07) is 10.7. The maximum atomic E-state index is 12.9. The minimum absolute atomic E-state index is 0.0406. The Morgan fingerprint density at radius 3 is 2.85 bits per heavy atom. The molecule has 0 radical (unpaired) electrons. The molecule has 2 aromatic rings. The number of hydrogen-bond acceptors (Lipinski definition) is 4. The predicted octanol–water partition coefficient (Wildman–Crippen LogP) is 3.41. The number of nitrogens with zero attached hydrogens (tertiary/aromatic N) is 3. The average Bonchev–Trinajstić information content (AvgIpc) is 3.34. The van der Waals surface area contributed by atoms with Crippen molar-refractivity contribution in [3.05, 3.63) is 53.7 Å². The van der Waals surface area contributed by atoms with Gasteiger partial charge in [0.15, 0.2) is 12.1 Å². The van der Waals surface area contributed by atoms with Crippen LogP contribution in [0.4, 0.5) is 0 Å². The first-order valence-corrected chi connectivity index (χ1v) is 10.2. The first kappa shape index (κ1) is 18.2. The summed E-state index contributed by atoms with van der Waals surface area (Å²) in [5.74, 6) is 0.743. The van der Waals surface area contributed by atoms with Crippen molar-refractivity contribution in [3.63, 3.8) is 0 Å². The molecule has 2 fully saturated rings. The molecule has 144 valence electrons. The van der Waals surface area contributed by atoms with Gasteiger partial charge in [-0.05, 0) is 37.8 Å². The normalized spacial score (nSPS) is 23.2. The number of carbonyl (C=O) groups is 1. The van der Waals surface area contributed by atoms with Crippen molar-refractivity contribution in [3.8, 4) is 0 Å². The van der Waals surface area contributed by atoms with Crippen LogP contribution < -0.4 is 0 Å². The number of hydrogen-bond donors (Lipinski definition) is 0. The van der Waals surface area contributed by atoms with Crippen LogP contribution in [0.15, 0.2) is 41.1 Å². The van der Waals surface area contributed by atoms with E-state index in [0.29, 0.717) is 17.9 Å². The van der Waals surface area contributed by atoms with Crippen molar-refractivity contribution in [1.29, 1.82) is 0 Å². The van der Waals surface area contributed by atoms with E-state index >= 15 is 0 Å². The molecule has 1 amide bonds. The number of benzene rings is 1. The van der Waals surface area contributed by atoms with Gasteiger partial charge in [0.25, 0.3) is 5.91 Å². The van der Waals surface area contributed by atoms with Crippen molar-refractivity contribution >= 4 is 5.91 Å². The number of likely N-dealkylation sites (tertiary alicyclic amines) is 2. The van der Waals surface area contributed by atoms with Crippen LogP contribution in [0.3, 0.4) is 0 Å². The number of amides is 1. The topological polar surface area (TPSA) is 49.6 Å². The summed E-state index contributed by atoms with van der Waals surface area (Å²) < 4.78 is 5.36. The first-order valence-electron chi connectivity index (χ1n) is 10.2. The van der Waals surface area contributed by atoms with E-state index in [1.165, 1.54) is 31.3 Å². The van der Waals surface area contributed by atoms with Crippen LogP contribution >= 0.6 is 0 Å². The highest BCUT2D eigenvalue weighted by Gasteiger charge is 2.43. The summed E-state index contributed by atoms with van der Waals surface area (Å²) in [6.45, 7) is 7.05. The number of oxazole rings is 1. The molecule has 2 aliphatic heterocycles. The number of piperidine rings is 1. The number of aromatic nitrogens is 1. The number of carbonyl (C=O) groups excluding carboxylic acids is 1. The zero-order valence-corrected chi connectivity index (χ0v) is 16.2. The molecule has 5 heteroatoms. The minimum Gasteiger partial charge on any atom is -0.448 e. The van der Waals surface area contributed by atoms with Crippen molar-refractivity contribution in [2.24, 2.45) is 5.41 Å². The Morgan fingerprint density at radius 2 is 2.04 bits per heavy atom. The van der Waals surface area contributed by atoms with Gasteiger partial charge in [-0.25, -0.2) is 4.98 Å². The van der Waals surface area contributed by atoms with Crippen LogP contribution in [0, 0.1) is 5.41 Å². The molecular weight excluding hydrogens is 338 g/mol. The van der Waals surface area contributed by atoms with E-state index in [1.807, 2.05) is 11.8 Å². The zero-order valence-electron chi connectivity index (χ0n) is 16.2. The van der Waals surface area contributed by atoms with Crippen LogP contribution in [-0.2, 0) is 12.8 Å². The van der Waals surface area contributed by atoms with E-state index in [1.54, 1.807) is 0 Å². The Balaban J connectivity index is 1.37. The van der Waals surface area contributed by atoms with Gasteiger partial charge in [-0.2, -0.15) is 0 Å². The molecular formula is C22H29N3O2. The van der Waals surface area contributed by atoms with Crippen LogP contribution in [0.1, 0.15) is 48.0 Å². The third kappa shape index (κ3) is 3.93. The third-order valence-electron chi connectivity index (χ3n) is 6.19. The molecule has 27 heavy (non-hydrogen) atoms. The van der Waals surface area contributed by atoms with Crippen LogP contribution in [0.2, 0.25) is 0 Å². The second-order valence-corrected chi connectivity index (χ2v) is 8.07. The van der Waals surface area contributed by atoms with Crippen LogP contribution in [0.25, 0.3) is 0 Å². The molecule has 3 heterocycles. The fraction of sp³-hybridized carbons (Fsp3) is 0.545. The lowest BCUT2D eigenvalue weighted by Crippen LogP contribution is -2.46. The summed E-state index contributed by atoms with van der Waals surface area (Å²) >= 11 is 0. The van der Waals surface area contributed by atoms with E-state index < -0.39 is 0 Å². The molecule has 1 aromatic carbocycles. The Bertz CT molecular complexity index is 773. The monoisotopic (exact) mass is 367 g/mol. The molecule has 2 aliphatic rings. The van der Waals surface area contributed by atoms with Crippen LogP contribution in [0.5, 0.6) is 0 Å². The first-order chi connectivity index (χ1) is 13.2. The highest BCUT2D eigenvalue weighted by atomic mass is 16.3. The fourth-order valence-corrected chi connectivity index (χ4v) is 4.72. The van der Waals surface area contributed by atoms with Gasteiger partial charge in [0.05, 0.1) is 0 Å². The molecule has 0 saturated carbocycles. The standard InChI is InChI=1S/C22H29N3O2/c1-2-19-20(23-17-27-19)21(26)25-14-11-22(16-25)10-6-12-24(15-22)13-9-18-7-4-3-5-8-18/h3-5,7-8,17H,2,6,9-16H2,1H3. The molecule has 1 unspecified atom stereocenters. The lowest BCUT2D eigenvalue weighted by Gasteiger charge is -2.40. The lowest BCUT2D eigenvalue weighted by molar-refractivity contribution is 0.0686. The predicted molar refractivity (Wildman–Crippen MR) is 105 cm³/mol. The van der Waals surface area contributed by atoms with Gasteiger partial charge in [-0.15, -0.1) is 0 Å². The van der Waals surface area contributed by atoms with Crippen molar-refractivity contribution < 1.29 is 9.21 Å². The van der Waals surface area contributed by atoms with Crippen molar-refractivity contribution in [1.82, 2.24) is 14.8 Å². The SMILES string of the molecule is CCc1ocnc1C(=O)N1CCC2(CCCN(CCc3ccccc3)C2)C1. The summed E-state index contributed by atoms with van der Waals surface area (Å²) in [5, 5.41) is 0. The Kier molecular flexibility index (Phi) is 5.30. The molecule has 0 aliphatic carbocycles. The molecule has 2 saturated heterocycles. The van der Waals surface area contributed by atoms with E-state index in [4.69, 9.17) is 4.42 Å². The van der Waals surface area contributed by atoms with Crippen LogP contribution in [-0.4, -0.2) is 53.4 Å². The third-order valence-corrected chi connectivity index (χ3v) is 6.19. The van der Waals surface area contributed by atoms with Gasteiger partial charge in [0.2, 0.25) is 0 Å². The second-order valence-electron chi connectivity index (χ2n) is 8.07. The quantitative estimate of drug-likeness (QED) is 0.813. The Morgan fingerprint density at radius 1 is 1.19 bits per heavy atom. The maximum Gasteiger partial charge on any atom is 0.276 e. The van der Waals surface area contributed by atoms with Gasteiger partial charge >= 0.3 is 0 Å². The highest BCUT2D eigenvalue weighted by Crippen LogP contribution is 2.39. The lowest BCUT2D eigenvalue weighted by atomic mass is 9.79. The van der Waals surface area contributed by atoms with Crippen molar-refractivity contribution in [2.75, 3.05) is 32.7 Å². The van der Waals surface area contributed by atoms with E-state index in [0.717, 1.165) is 39.0 Å². The summed E-state index contributed by atoms with van der Waals surface area (Å²) in [7, 11) is 0. The largest absolute Gasteiger partial charge is 0.448 e. The molecule has 0 bridgehead atoms. The second kappa shape index (κ2) is 7.85. The summed E-state index contributed by atoms with van der Waals surface area (Å²) in [5.41, 5.74) is 2.16. The maximum absolute atomic E-state index is 12.9. The van der Waals surface area contributed by atoms with Gasteiger partial charge in [-0.3, -0.25) is 4.79 Å². The Hall–Kier alpha value is -2.14. The minimum atomic E-state index is 0.0406. The van der Waals surface area contributed by atoms with Gasteiger partial charge in [0, 0.05) is 38.0 Å². The van der Waals surface area contributed by atoms with E-state index in [-0.39, 0.29) is 11.3 Å². The molecule has 1 atom stereocenters. The number of aryl methyl sites for hydroxylation is 1. The Labute approximate surface area is 161 Å². The number of rotatable bonds is 5. The van der Waals surface area contributed by atoms with E-state index in [9.17, 15) is 4.79 Å². The summed E-state index contributed by atoms with van der Waals surface area (Å²) in [4.78, 5) is 21.7. The van der Waals surface area contributed by atoms with Gasteiger partial charge in [-0.1, -0.05) is 37.3 Å². The molecule has 4 rings (SSSR count). The highest BCUT2D eigenvalue weighted by molar-refractivity contribution is 5.93. The molecule has 1 spiro atoms. The van der Waals surface area contributed by atoms with Gasteiger partial charge < -0.3 is 14.2 Å². The van der Waals surface area contributed by atoms with E-state index in [2.05, 4.69) is 40.2 Å².